The van der Waals surface area contributed by atoms with Gasteiger partial charge in [-0.3, -0.25) is 14.4 Å². The van der Waals surface area contributed by atoms with Gasteiger partial charge in [-0.2, -0.15) is 0 Å². The molecule has 7 rings (SSSR count). The molecule has 0 radical (unpaired) electrons. The lowest BCUT2D eigenvalue weighted by Crippen LogP contribution is -2.47. The number of piperidine rings is 3. The molecular weight excluding hydrogens is 714 g/mol. The van der Waals surface area contributed by atoms with Crippen LogP contribution in [0.15, 0.2) is 12.2 Å². The Kier molecular flexibility index (Phi) is 16.8. The molecule has 6 atom stereocenters. The lowest BCUT2D eigenvalue weighted by molar-refractivity contribution is -0.187. The Bertz CT molecular complexity index is 1230. The van der Waals surface area contributed by atoms with Gasteiger partial charge in [0, 0.05) is 92.7 Å². The van der Waals surface area contributed by atoms with Crippen molar-refractivity contribution < 1.29 is 57.4 Å². The van der Waals surface area contributed by atoms with E-state index in [0.29, 0.717) is 91.3 Å². The standard InChI is InChI=1S/C14H23NO5.C13H23NO4.C13H21NO3/c1-17-11-10-12(11)18-7-2-13(16)15-5-3-14(4-6-15)19-8-9-20-14;1-13(16)4-6-14(7-5-13)12(15)3-8-18-11-9-10(11)17-2;1-10-3-6-14(7-4-10)13(15)5-8-17-12-9-11(12)16-2/h11-12H,2-10H2,1H3;10-11,16H,3-9H2,1-2H3;11-12H,1,3-9H2,2H3. The molecule has 0 aromatic carbocycles. The Labute approximate surface area is 327 Å². The number of rotatable bonds is 15. The topological polar surface area (TPSA) is 155 Å². The molecule has 7 aliphatic rings. The van der Waals surface area contributed by atoms with Gasteiger partial charge in [-0.1, -0.05) is 12.2 Å². The average Bonchev–Trinajstić information content (AvgIpc) is 4.14. The summed E-state index contributed by atoms with van der Waals surface area (Å²) in [6.07, 6.45) is 10.3. The number of amides is 3. The van der Waals surface area contributed by atoms with Crippen LogP contribution < -0.4 is 0 Å². The maximum absolute atomic E-state index is 12.1. The Morgan fingerprint density at radius 2 is 0.964 bits per heavy atom. The first kappa shape index (κ1) is 43.9. The average molecular weight is 782 g/mol. The van der Waals surface area contributed by atoms with Crippen LogP contribution in [0.4, 0.5) is 0 Å². The van der Waals surface area contributed by atoms with E-state index in [9.17, 15) is 19.5 Å². The monoisotopic (exact) mass is 781 g/mol. The van der Waals surface area contributed by atoms with E-state index in [-0.39, 0.29) is 54.3 Å². The van der Waals surface area contributed by atoms with Gasteiger partial charge in [0.1, 0.15) is 0 Å². The van der Waals surface area contributed by atoms with Crippen molar-refractivity contribution >= 4 is 17.7 Å². The molecule has 0 aromatic heterocycles. The Morgan fingerprint density at radius 3 is 1.31 bits per heavy atom. The van der Waals surface area contributed by atoms with E-state index in [0.717, 1.165) is 58.0 Å². The van der Waals surface area contributed by atoms with Crippen molar-refractivity contribution in [2.45, 2.75) is 132 Å². The van der Waals surface area contributed by atoms with E-state index in [1.54, 1.807) is 21.3 Å². The first-order valence-corrected chi connectivity index (χ1v) is 20.4. The molecule has 1 spiro atoms. The largest absolute Gasteiger partial charge is 0.390 e. The minimum Gasteiger partial charge on any atom is -0.390 e. The zero-order valence-corrected chi connectivity index (χ0v) is 33.7. The minimum atomic E-state index is -0.604. The summed E-state index contributed by atoms with van der Waals surface area (Å²) >= 11 is 0. The second-order valence-corrected chi connectivity index (χ2v) is 16.0. The number of likely N-dealkylation sites (tertiary alicyclic amines) is 3. The van der Waals surface area contributed by atoms with Crippen LogP contribution in [0, 0.1) is 0 Å². The summed E-state index contributed by atoms with van der Waals surface area (Å²) in [5.41, 5.74) is 0.652. The summed E-state index contributed by atoms with van der Waals surface area (Å²) in [4.78, 5) is 41.5. The molecule has 4 heterocycles. The van der Waals surface area contributed by atoms with E-state index in [1.165, 1.54) is 5.57 Å². The van der Waals surface area contributed by atoms with Gasteiger partial charge in [0.25, 0.3) is 0 Å². The van der Waals surface area contributed by atoms with Gasteiger partial charge < -0.3 is 57.7 Å². The molecule has 7 fully saturated rings. The molecule has 6 unspecified atom stereocenters. The van der Waals surface area contributed by atoms with E-state index in [4.69, 9.17) is 37.9 Å². The summed E-state index contributed by atoms with van der Waals surface area (Å²) in [5, 5.41) is 9.81. The summed E-state index contributed by atoms with van der Waals surface area (Å²) < 4.78 is 43.4. The summed E-state index contributed by atoms with van der Waals surface area (Å²) in [5.74, 6) is 0.0761. The Hall–Kier alpha value is -2.21. The van der Waals surface area contributed by atoms with Crippen LogP contribution >= 0.6 is 0 Å². The van der Waals surface area contributed by atoms with Gasteiger partial charge in [0.15, 0.2) is 5.79 Å². The van der Waals surface area contributed by atoms with Gasteiger partial charge in [0.2, 0.25) is 17.7 Å². The van der Waals surface area contributed by atoms with Crippen LogP contribution in [0.25, 0.3) is 0 Å². The fourth-order valence-corrected chi connectivity index (χ4v) is 7.28. The molecule has 3 saturated carbocycles. The van der Waals surface area contributed by atoms with E-state index in [2.05, 4.69) is 6.58 Å². The maximum atomic E-state index is 12.1. The molecule has 0 aromatic rings. The van der Waals surface area contributed by atoms with Crippen LogP contribution in [0.1, 0.15) is 84.0 Å². The lowest BCUT2D eigenvalue weighted by Gasteiger charge is -2.37. The van der Waals surface area contributed by atoms with Crippen molar-refractivity contribution in [3.63, 3.8) is 0 Å². The maximum Gasteiger partial charge on any atom is 0.224 e. The third kappa shape index (κ3) is 14.3. The number of carbonyl (C=O) groups is 3. The minimum absolute atomic E-state index is 0.125. The number of carbonyl (C=O) groups excluding carboxylic acids is 3. The van der Waals surface area contributed by atoms with Crippen molar-refractivity contribution in [3.05, 3.63) is 12.2 Å². The molecule has 3 amide bonds. The zero-order chi connectivity index (χ0) is 39.4. The molecule has 15 heteroatoms. The summed E-state index contributed by atoms with van der Waals surface area (Å²) in [7, 11) is 5.06. The fraction of sp³-hybridized carbons (Fsp3) is 0.875. The van der Waals surface area contributed by atoms with Crippen LogP contribution in [0.2, 0.25) is 0 Å². The normalized spacial score (nSPS) is 30.2. The second kappa shape index (κ2) is 21.0. The van der Waals surface area contributed by atoms with E-state index < -0.39 is 11.4 Å². The molecule has 314 valence electrons. The quantitative estimate of drug-likeness (QED) is 0.243. The molecule has 0 bridgehead atoms. The number of hydrogen-bond donors (Lipinski definition) is 1. The van der Waals surface area contributed by atoms with Gasteiger partial charge >= 0.3 is 0 Å². The predicted octanol–water partition coefficient (Wildman–Crippen LogP) is 2.46. The van der Waals surface area contributed by atoms with Crippen molar-refractivity contribution in [1.29, 1.82) is 0 Å². The first-order valence-electron chi connectivity index (χ1n) is 20.4. The van der Waals surface area contributed by atoms with Crippen LogP contribution in [-0.2, 0) is 52.3 Å². The van der Waals surface area contributed by atoms with Gasteiger partial charge in [-0.25, -0.2) is 0 Å². The highest BCUT2D eigenvalue weighted by Crippen LogP contribution is 2.32. The number of aliphatic hydroxyl groups is 1. The predicted molar refractivity (Wildman–Crippen MR) is 201 cm³/mol. The smallest absolute Gasteiger partial charge is 0.224 e. The number of hydrogen-bond acceptors (Lipinski definition) is 12. The first-order chi connectivity index (χ1) is 26.4. The summed E-state index contributed by atoms with van der Waals surface area (Å²) in [6, 6.07) is 0. The molecule has 55 heavy (non-hydrogen) atoms. The molecule has 4 aliphatic heterocycles. The third-order valence-corrected chi connectivity index (χ3v) is 11.6. The van der Waals surface area contributed by atoms with E-state index >= 15 is 0 Å². The Balaban J connectivity index is 0.000000159. The van der Waals surface area contributed by atoms with Crippen LogP contribution in [0.3, 0.4) is 0 Å². The highest BCUT2D eigenvalue weighted by Gasteiger charge is 2.42. The fourth-order valence-electron chi connectivity index (χ4n) is 7.28. The highest BCUT2D eigenvalue weighted by molar-refractivity contribution is 5.77. The van der Waals surface area contributed by atoms with Gasteiger partial charge in [-0.05, 0) is 32.6 Å². The SMILES string of the molecule is C=C1CCN(C(=O)CCOC2CC2OC)CC1.COC1CC1OCCC(=O)N1CCC(C)(O)CC1.COC1CC1OCCC(=O)N1CCC2(CC1)OCCO2. The molecular formula is C40H67N3O12. The van der Waals surface area contributed by atoms with Crippen molar-refractivity contribution in [2.24, 2.45) is 0 Å². The van der Waals surface area contributed by atoms with E-state index in [1.807, 2.05) is 21.6 Å². The lowest BCUT2D eigenvalue weighted by atomic mass is 9.94. The molecule has 4 saturated heterocycles. The second-order valence-electron chi connectivity index (χ2n) is 16.0. The van der Waals surface area contributed by atoms with Crippen molar-refractivity contribution in [1.82, 2.24) is 14.7 Å². The number of ether oxygens (including phenoxy) is 8. The molecule has 15 nitrogen and oxygen atoms in total. The van der Waals surface area contributed by atoms with Gasteiger partial charge in [0.05, 0.1) is 94.5 Å². The third-order valence-electron chi connectivity index (χ3n) is 11.6. The van der Waals surface area contributed by atoms with Crippen molar-refractivity contribution in [3.8, 4) is 0 Å². The number of methoxy groups -OCH3 is 3. The highest BCUT2D eigenvalue weighted by atomic mass is 16.7. The van der Waals surface area contributed by atoms with Crippen molar-refractivity contribution in [2.75, 3.05) is 93.6 Å². The Morgan fingerprint density at radius 1 is 0.618 bits per heavy atom. The summed E-state index contributed by atoms with van der Waals surface area (Å²) in [6.45, 7) is 12.9. The molecule has 1 N–H and O–H groups in total. The van der Waals surface area contributed by atoms with Crippen LogP contribution in [0.5, 0.6) is 0 Å². The van der Waals surface area contributed by atoms with Gasteiger partial charge in [-0.15, -0.1) is 0 Å². The zero-order valence-electron chi connectivity index (χ0n) is 33.7. The molecule has 3 aliphatic carbocycles. The number of nitrogens with zero attached hydrogens (tertiary/aromatic N) is 3. The van der Waals surface area contributed by atoms with Crippen LogP contribution in [-0.4, -0.2) is 179 Å².